The standard InChI is InChI=1S/C18H20N2O/c1-13-19-17-7-5-4-6-15(17)12-18(20(13)2)14-8-10-16(21-3)11-9-14/h4-11,18H,12H2,1-3H3/t18-/m0/s1. The molecule has 1 aliphatic heterocycles. The van der Waals surface area contributed by atoms with Crippen LogP contribution >= 0.6 is 0 Å². The zero-order valence-corrected chi connectivity index (χ0v) is 12.7. The van der Waals surface area contributed by atoms with Crippen LogP contribution in [0.3, 0.4) is 0 Å². The Balaban J connectivity index is 2.00. The number of para-hydroxylation sites is 1. The number of nitrogens with zero attached hydrogens (tertiary/aromatic N) is 2. The lowest BCUT2D eigenvalue weighted by atomic mass is 9.97. The van der Waals surface area contributed by atoms with Crippen molar-refractivity contribution >= 4 is 11.5 Å². The van der Waals surface area contributed by atoms with Crippen molar-refractivity contribution in [3.8, 4) is 5.75 Å². The van der Waals surface area contributed by atoms with Crippen LogP contribution in [0.15, 0.2) is 53.5 Å². The number of likely N-dealkylation sites (N-methyl/N-ethyl adjacent to an activating group) is 1. The van der Waals surface area contributed by atoms with Gasteiger partial charge in [-0.05, 0) is 42.7 Å². The molecule has 0 fully saturated rings. The van der Waals surface area contributed by atoms with Gasteiger partial charge in [0, 0.05) is 7.05 Å². The third-order valence-corrected chi connectivity index (χ3v) is 4.17. The molecule has 0 radical (unpaired) electrons. The van der Waals surface area contributed by atoms with E-state index in [1.165, 1.54) is 11.1 Å². The first-order chi connectivity index (χ1) is 10.2. The Morgan fingerprint density at radius 3 is 2.52 bits per heavy atom. The quantitative estimate of drug-likeness (QED) is 0.831. The highest BCUT2D eigenvalue weighted by Gasteiger charge is 2.23. The first-order valence-electron chi connectivity index (χ1n) is 7.19. The minimum Gasteiger partial charge on any atom is -0.497 e. The Hall–Kier alpha value is -2.29. The van der Waals surface area contributed by atoms with Crippen LogP contribution < -0.4 is 4.74 Å². The van der Waals surface area contributed by atoms with Crippen molar-refractivity contribution < 1.29 is 4.74 Å². The maximum Gasteiger partial charge on any atom is 0.118 e. The van der Waals surface area contributed by atoms with Crippen LogP contribution in [0.25, 0.3) is 0 Å². The maximum atomic E-state index is 5.25. The molecular formula is C18H20N2O. The van der Waals surface area contributed by atoms with Crippen molar-refractivity contribution in [3.63, 3.8) is 0 Å². The Morgan fingerprint density at radius 1 is 1.10 bits per heavy atom. The number of fused-ring (bicyclic) bond motifs is 1. The van der Waals surface area contributed by atoms with E-state index >= 15 is 0 Å². The zero-order chi connectivity index (χ0) is 14.8. The number of rotatable bonds is 2. The van der Waals surface area contributed by atoms with Crippen LogP contribution in [0.4, 0.5) is 5.69 Å². The van der Waals surface area contributed by atoms with Gasteiger partial charge in [0.1, 0.15) is 11.6 Å². The summed E-state index contributed by atoms with van der Waals surface area (Å²) in [4.78, 5) is 7.00. The van der Waals surface area contributed by atoms with Crippen LogP contribution in [-0.2, 0) is 6.42 Å². The SMILES string of the molecule is COc1ccc([C@@H]2Cc3ccccc3N=C(C)N2C)cc1. The molecule has 0 amide bonds. The summed E-state index contributed by atoms with van der Waals surface area (Å²) < 4.78 is 5.25. The van der Waals surface area contributed by atoms with Gasteiger partial charge < -0.3 is 9.64 Å². The van der Waals surface area contributed by atoms with E-state index < -0.39 is 0 Å². The van der Waals surface area contributed by atoms with Gasteiger partial charge in [-0.1, -0.05) is 30.3 Å². The van der Waals surface area contributed by atoms with Crippen LogP contribution in [0.5, 0.6) is 5.75 Å². The second-order valence-corrected chi connectivity index (χ2v) is 5.39. The molecular weight excluding hydrogens is 260 g/mol. The van der Waals surface area contributed by atoms with Crippen molar-refractivity contribution in [2.75, 3.05) is 14.2 Å². The number of ether oxygens (including phenoxy) is 1. The van der Waals surface area contributed by atoms with Gasteiger partial charge in [-0.3, -0.25) is 0 Å². The van der Waals surface area contributed by atoms with Crippen LogP contribution in [0.1, 0.15) is 24.1 Å². The molecule has 0 bridgehead atoms. The van der Waals surface area contributed by atoms with E-state index in [9.17, 15) is 0 Å². The zero-order valence-electron chi connectivity index (χ0n) is 12.7. The van der Waals surface area contributed by atoms with Crippen LogP contribution in [0, 0.1) is 0 Å². The van der Waals surface area contributed by atoms with Crippen molar-refractivity contribution in [1.82, 2.24) is 4.90 Å². The summed E-state index contributed by atoms with van der Waals surface area (Å²) >= 11 is 0. The minimum atomic E-state index is 0.295. The van der Waals surface area contributed by atoms with Gasteiger partial charge in [-0.15, -0.1) is 0 Å². The molecule has 2 aromatic rings. The molecule has 0 spiro atoms. The van der Waals surface area contributed by atoms with E-state index in [0.29, 0.717) is 6.04 Å². The van der Waals surface area contributed by atoms with Gasteiger partial charge >= 0.3 is 0 Å². The fourth-order valence-electron chi connectivity index (χ4n) is 2.78. The highest BCUT2D eigenvalue weighted by Crippen LogP contribution is 2.33. The van der Waals surface area contributed by atoms with Gasteiger partial charge in [-0.25, -0.2) is 4.99 Å². The average molecular weight is 280 g/mol. The topological polar surface area (TPSA) is 24.8 Å². The second-order valence-electron chi connectivity index (χ2n) is 5.39. The average Bonchev–Trinajstić information content (AvgIpc) is 2.65. The molecule has 108 valence electrons. The lowest BCUT2D eigenvalue weighted by Crippen LogP contribution is -2.29. The highest BCUT2D eigenvalue weighted by atomic mass is 16.5. The van der Waals surface area contributed by atoms with Crippen molar-refractivity contribution in [2.24, 2.45) is 4.99 Å². The first-order valence-corrected chi connectivity index (χ1v) is 7.19. The molecule has 0 unspecified atom stereocenters. The largest absolute Gasteiger partial charge is 0.497 e. The van der Waals surface area contributed by atoms with Crippen molar-refractivity contribution in [2.45, 2.75) is 19.4 Å². The van der Waals surface area contributed by atoms with Crippen LogP contribution in [0.2, 0.25) is 0 Å². The van der Waals surface area contributed by atoms with E-state index in [2.05, 4.69) is 49.2 Å². The molecule has 1 atom stereocenters. The number of aliphatic imine (C=N–C) groups is 1. The number of hydrogen-bond donors (Lipinski definition) is 0. The minimum absolute atomic E-state index is 0.295. The maximum absolute atomic E-state index is 5.25. The van der Waals surface area contributed by atoms with E-state index in [-0.39, 0.29) is 0 Å². The summed E-state index contributed by atoms with van der Waals surface area (Å²) in [6.45, 7) is 2.07. The summed E-state index contributed by atoms with van der Waals surface area (Å²) in [5, 5.41) is 0. The van der Waals surface area contributed by atoms with Gasteiger partial charge in [-0.2, -0.15) is 0 Å². The predicted octanol–water partition coefficient (Wildman–Crippen LogP) is 3.97. The summed E-state index contributed by atoms with van der Waals surface area (Å²) in [5.74, 6) is 1.93. The fraction of sp³-hybridized carbons (Fsp3) is 0.278. The summed E-state index contributed by atoms with van der Waals surface area (Å²) in [5.41, 5.74) is 3.66. The molecule has 0 aliphatic carbocycles. The van der Waals surface area contributed by atoms with E-state index in [4.69, 9.17) is 9.73 Å². The number of methoxy groups -OCH3 is 1. The predicted molar refractivity (Wildman–Crippen MR) is 86.4 cm³/mol. The molecule has 0 aromatic heterocycles. The van der Waals surface area contributed by atoms with E-state index in [1.807, 2.05) is 18.2 Å². The molecule has 0 saturated heterocycles. The molecule has 0 saturated carbocycles. The van der Waals surface area contributed by atoms with Crippen LogP contribution in [-0.4, -0.2) is 24.9 Å². The molecule has 3 heteroatoms. The smallest absolute Gasteiger partial charge is 0.118 e. The normalized spacial score (nSPS) is 17.8. The third kappa shape index (κ3) is 2.64. The van der Waals surface area contributed by atoms with E-state index in [0.717, 1.165) is 23.7 Å². The summed E-state index contributed by atoms with van der Waals surface area (Å²) in [7, 11) is 3.81. The van der Waals surface area contributed by atoms with Gasteiger partial charge in [0.25, 0.3) is 0 Å². The lowest BCUT2D eigenvalue weighted by Gasteiger charge is -2.28. The molecule has 1 heterocycles. The third-order valence-electron chi connectivity index (χ3n) is 4.17. The fourth-order valence-corrected chi connectivity index (χ4v) is 2.78. The number of amidine groups is 1. The van der Waals surface area contributed by atoms with Crippen molar-refractivity contribution in [3.05, 3.63) is 59.7 Å². The molecule has 21 heavy (non-hydrogen) atoms. The highest BCUT2D eigenvalue weighted by molar-refractivity contribution is 5.84. The van der Waals surface area contributed by atoms with Gasteiger partial charge in [0.15, 0.2) is 0 Å². The van der Waals surface area contributed by atoms with Crippen molar-refractivity contribution in [1.29, 1.82) is 0 Å². The monoisotopic (exact) mass is 280 g/mol. The van der Waals surface area contributed by atoms with Gasteiger partial charge in [0.05, 0.1) is 18.8 Å². The van der Waals surface area contributed by atoms with Gasteiger partial charge in [0.2, 0.25) is 0 Å². The summed E-state index contributed by atoms with van der Waals surface area (Å²) in [6.07, 6.45) is 0.958. The molecule has 3 nitrogen and oxygen atoms in total. The lowest BCUT2D eigenvalue weighted by molar-refractivity contribution is 0.373. The first kappa shape index (κ1) is 13.7. The Morgan fingerprint density at radius 2 is 1.81 bits per heavy atom. The Labute approximate surface area is 125 Å². The Bertz CT molecular complexity index is 661. The number of hydrogen-bond acceptors (Lipinski definition) is 3. The molecule has 0 N–H and O–H groups in total. The second kappa shape index (κ2) is 5.60. The molecule has 3 rings (SSSR count). The number of benzene rings is 2. The van der Waals surface area contributed by atoms with E-state index in [1.54, 1.807) is 7.11 Å². The molecule has 1 aliphatic rings. The Kier molecular flexibility index (Phi) is 3.65. The summed E-state index contributed by atoms with van der Waals surface area (Å²) in [6, 6.07) is 17.0. The molecule has 2 aromatic carbocycles.